The van der Waals surface area contributed by atoms with E-state index in [-0.39, 0.29) is 18.3 Å². The molecule has 0 aliphatic carbocycles. The highest BCUT2D eigenvalue weighted by atomic mass is 35.5. The second kappa shape index (κ2) is 11.0. The van der Waals surface area contributed by atoms with Gasteiger partial charge in [-0.2, -0.15) is 0 Å². The Morgan fingerprint density at radius 2 is 1.78 bits per heavy atom. The van der Waals surface area contributed by atoms with Gasteiger partial charge in [-0.15, -0.1) is 23.7 Å². The monoisotopic (exact) mass is 536 g/mol. The van der Waals surface area contributed by atoms with Crippen molar-refractivity contribution >= 4 is 67.2 Å². The fourth-order valence-electron chi connectivity index (χ4n) is 4.21. The molecule has 186 valence electrons. The number of anilines is 1. The van der Waals surface area contributed by atoms with Crippen LogP contribution < -0.4 is 4.90 Å². The first-order chi connectivity index (χ1) is 16.9. The molecule has 5 rings (SSSR count). The molecule has 5 nitrogen and oxygen atoms in total. The number of thiophene rings is 1. The zero-order chi connectivity index (χ0) is 24.5. The Hall–Kier alpha value is -2.84. The summed E-state index contributed by atoms with van der Waals surface area (Å²) < 4.78 is 1.10. The number of carbonyl (C=O) groups excluding carboxylic acids is 1. The molecular formula is C28H29ClN4OS2. The summed E-state index contributed by atoms with van der Waals surface area (Å²) in [7, 11) is 4.11. The van der Waals surface area contributed by atoms with E-state index in [0.29, 0.717) is 12.1 Å². The lowest BCUT2D eigenvalue weighted by Crippen LogP contribution is -2.33. The Bertz CT molecular complexity index is 1510. The van der Waals surface area contributed by atoms with E-state index in [1.54, 1.807) is 22.7 Å². The van der Waals surface area contributed by atoms with Gasteiger partial charge in [0.05, 0.1) is 31.9 Å². The van der Waals surface area contributed by atoms with Crippen LogP contribution in [0.1, 0.15) is 27.9 Å². The van der Waals surface area contributed by atoms with Gasteiger partial charge < -0.3 is 4.90 Å². The van der Waals surface area contributed by atoms with Crippen LogP contribution >= 0.6 is 35.1 Å². The van der Waals surface area contributed by atoms with E-state index in [1.165, 1.54) is 11.1 Å². The number of benzene rings is 2. The number of para-hydroxylation sites is 1. The van der Waals surface area contributed by atoms with E-state index in [9.17, 15) is 4.79 Å². The highest BCUT2D eigenvalue weighted by Crippen LogP contribution is 2.34. The SMILES string of the molecule is Cc1ccc2sc(N(CCCN(C)C)C(=O)c3cc(-c4cccs4)nc4ccccc34)nc2c1C.Cl. The van der Waals surface area contributed by atoms with Gasteiger partial charge in [-0.3, -0.25) is 9.69 Å². The minimum Gasteiger partial charge on any atom is -0.309 e. The third kappa shape index (κ3) is 5.15. The highest BCUT2D eigenvalue weighted by molar-refractivity contribution is 7.22. The van der Waals surface area contributed by atoms with Gasteiger partial charge >= 0.3 is 0 Å². The first-order valence-electron chi connectivity index (χ1n) is 11.7. The summed E-state index contributed by atoms with van der Waals surface area (Å²) in [5.41, 5.74) is 5.67. The average molecular weight is 537 g/mol. The van der Waals surface area contributed by atoms with Crippen molar-refractivity contribution in [3.05, 3.63) is 76.7 Å². The number of halogens is 1. The topological polar surface area (TPSA) is 49.3 Å². The molecule has 0 radical (unpaired) electrons. The van der Waals surface area contributed by atoms with Crippen molar-refractivity contribution in [3.8, 4) is 10.6 Å². The fraction of sp³-hybridized carbons (Fsp3) is 0.250. The maximum Gasteiger partial charge on any atom is 0.260 e. The second-order valence-electron chi connectivity index (χ2n) is 9.01. The van der Waals surface area contributed by atoms with Crippen LogP contribution in [0.2, 0.25) is 0 Å². The van der Waals surface area contributed by atoms with E-state index < -0.39 is 0 Å². The van der Waals surface area contributed by atoms with E-state index in [1.807, 2.05) is 52.7 Å². The summed E-state index contributed by atoms with van der Waals surface area (Å²) in [6.45, 7) is 5.69. The standard InChI is InChI=1S/C28H28N4OS2.ClH/c1-18-12-13-25-26(19(18)2)30-28(35-25)32(15-8-14-31(3)4)27(33)21-17-23(24-11-7-16-34-24)29-22-10-6-5-9-20(21)22;/h5-7,9-13,16-17H,8,14-15H2,1-4H3;1H. The Morgan fingerprint density at radius 3 is 2.53 bits per heavy atom. The summed E-state index contributed by atoms with van der Waals surface area (Å²) in [5.74, 6) is -0.0337. The fourth-order valence-corrected chi connectivity index (χ4v) is 5.94. The van der Waals surface area contributed by atoms with Gasteiger partial charge in [-0.05, 0) is 81.7 Å². The van der Waals surface area contributed by atoms with E-state index in [0.717, 1.165) is 49.8 Å². The van der Waals surface area contributed by atoms with Crippen LogP contribution in [0.15, 0.2) is 60.0 Å². The molecule has 0 saturated carbocycles. The van der Waals surface area contributed by atoms with Gasteiger partial charge in [0.1, 0.15) is 0 Å². The summed E-state index contributed by atoms with van der Waals surface area (Å²) >= 11 is 3.21. The third-order valence-electron chi connectivity index (χ3n) is 6.26. The maximum atomic E-state index is 14.2. The molecule has 36 heavy (non-hydrogen) atoms. The van der Waals surface area contributed by atoms with Gasteiger partial charge in [0, 0.05) is 11.9 Å². The number of aromatic nitrogens is 2. The van der Waals surface area contributed by atoms with E-state index in [4.69, 9.17) is 9.97 Å². The number of nitrogens with zero attached hydrogens (tertiary/aromatic N) is 4. The number of hydrogen-bond donors (Lipinski definition) is 0. The van der Waals surface area contributed by atoms with E-state index in [2.05, 4.69) is 45.0 Å². The molecule has 0 unspecified atom stereocenters. The molecule has 8 heteroatoms. The van der Waals surface area contributed by atoms with Gasteiger partial charge in [0.2, 0.25) is 0 Å². The van der Waals surface area contributed by atoms with Crippen molar-refractivity contribution in [2.45, 2.75) is 20.3 Å². The lowest BCUT2D eigenvalue weighted by Gasteiger charge is -2.22. The number of fused-ring (bicyclic) bond motifs is 2. The predicted octanol–water partition coefficient (Wildman–Crippen LogP) is 7.21. The van der Waals surface area contributed by atoms with Crippen LogP contribution in [-0.4, -0.2) is 48.0 Å². The number of carbonyl (C=O) groups is 1. The molecule has 0 spiro atoms. The number of hydrogen-bond acceptors (Lipinski definition) is 6. The first-order valence-corrected chi connectivity index (χ1v) is 13.4. The summed E-state index contributed by atoms with van der Waals surface area (Å²) in [4.78, 5) is 29.1. The molecule has 0 saturated heterocycles. The van der Waals surface area contributed by atoms with Crippen LogP contribution in [0, 0.1) is 13.8 Å². The molecule has 2 aromatic carbocycles. The lowest BCUT2D eigenvalue weighted by molar-refractivity contribution is 0.0987. The number of rotatable bonds is 7. The Morgan fingerprint density at radius 1 is 0.972 bits per heavy atom. The van der Waals surface area contributed by atoms with Crippen molar-refractivity contribution in [1.82, 2.24) is 14.9 Å². The smallest absolute Gasteiger partial charge is 0.260 e. The summed E-state index contributed by atoms with van der Waals surface area (Å²) in [6, 6.07) is 18.1. The molecule has 5 aromatic rings. The van der Waals surface area contributed by atoms with Crippen LogP contribution in [0.25, 0.3) is 31.7 Å². The van der Waals surface area contributed by atoms with Crippen LogP contribution in [-0.2, 0) is 0 Å². The van der Waals surface area contributed by atoms with Crippen molar-refractivity contribution in [2.75, 3.05) is 32.1 Å². The molecule has 0 bridgehead atoms. The van der Waals surface area contributed by atoms with Crippen molar-refractivity contribution in [3.63, 3.8) is 0 Å². The van der Waals surface area contributed by atoms with Crippen LogP contribution in [0.5, 0.6) is 0 Å². The molecule has 3 heterocycles. The quantitative estimate of drug-likeness (QED) is 0.220. The van der Waals surface area contributed by atoms with Gasteiger partial charge in [-0.25, -0.2) is 9.97 Å². The third-order valence-corrected chi connectivity index (χ3v) is 8.19. The normalized spacial score (nSPS) is 11.2. The zero-order valence-corrected chi connectivity index (χ0v) is 23.3. The van der Waals surface area contributed by atoms with Crippen LogP contribution in [0.3, 0.4) is 0 Å². The zero-order valence-electron chi connectivity index (χ0n) is 20.8. The summed E-state index contributed by atoms with van der Waals surface area (Å²) in [6.07, 6.45) is 0.855. The van der Waals surface area contributed by atoms with Crippen molar-refractivity contribution in [2.24, 2.45) is 0 Å². The lowest BCUT2D eigenvalue weighted by atomic mass is 10.1. The molecule has 0 aliphatic rings. The van der Waals surface area contributed by atoms with Gasteiger partial charge in [0.15, 0.2) is 5.13 Å². The Balaban J connectivity index is 0.00000304. The largest absolute Gasteiger partial charge is 0.309 e. The first kappa shape index (κ1) is 26.2. The van der Waals surface area contributed by atoms with Gasteiger partial charge in [0.25, 0.3) is 5.91 Å². The second-order valence-corrected chi connectivity index (χ2v) is 11.0. The summed E-state index contributed by atoms with van der Waals surface area (Å²) in [5, 5.41) is 3.65. The predicted molar refractivity (Wildman–Crippen MR) is 156 cm³/mol. The minimum absolute atomic E-state index is 0. The van der Waals surface area contributed by atoms with E-state index >= 15 is 0 Å². The molecular weight excluding hydrogens is 508 g/mol. The van der Waals surface area contributed by atoms with Crippen molar-refractivity contribution in [1.29, 1.82) is 0 Å². The molecule has 0 N–H and O–H groups in total. The highest BCUT2D eigenvalue weighted by Gasteiger charge is 2.24. The number of pyridine rings is 1. The molecule has 0 atom stereocenters. The molecule has 1 amide bonds. The minimum atomic E-state index is -0.0337. The number of thiazole rings is 1. The number of aryl methyl sites for hydroxylation is 2. The average Bonchev–Trinajstić information content (AvgIpc) is 3.54. The molecule has 0 fully saturated rings. The molecule has 0 aliphatic heterocycles. The Labute approximate surface area is 225 Å². The molecule has 3 aromatic heterocycles. The Kier molecular flexibility index (Phi) is 8.05. The van der Waals surface area contributed by atoms with Gasteiger partial charge in [-0.1, -0.05) is 41.7 Å². The number of amides is 1. The maximum absolute atomic E-state index is 14.2. The van der Waals surface area contributed by atoms with Crippen molar-refractivity contribution < 1.29 is 4.79 Å². The van der Waals surface area contributed by atoms with Crippen LogP contribution in [0.4, 0.5) is 5.13 Å².